The van der Waals surface area contributed by atoms with Crippen LogP contribution in [0.25, 0.3) is 0 Å². The summed E-state index contributed by atoms with van der Waals surface area (Å²) in [7, 11) is 2.03. The minimum Gasteiger partial charge on any atom is -0.466 e. The predicted molar refractivity (Wildman–Crippen MR) is 109 cm³/mol. The summed E-state index contributed by atoms with van der Waals surface area (Å²) >= 11 is 0. The largest absolute Gasteiger partial charge is 0.466 e. The van der Waals surface area contributed by atoms with Crippen LogP contribution in [0.1, 0.15) is 32.3 Å². The van der Waals surface area contributed by atoms with Gasteiger partial charge in [-0.1, -0.05) is 30.3 Å². The lowest BCUT2D eigenvalue weighted by molar-refractivity contribution is -0.148. The summed E-state index contributed by atoms with van der Waals surface area (Å²) < 4.78 is 9.97. The summed E-state index contributed by atoms with van der Waals surface area (Å²) in [5.41, 5.74) is 1.30. The number of benzene rings is 1. The molecule has 0 radical (unpaired) electrons. The van der Waals surface area contributed by atoms with Gasteiger partial charge in [-0.05, 0) is 52.4 Å². The minimum absolute atomic E-state index is 0.0307. The molecule has 0 N–H and O–H groups in total. The van der Waals surface area contributed by atoms with Gasteiger partial charge < -0.3 is 14.4 Å². The molecule has 1 aromatic carbocycles. The molecule has 0 spiro atoms. The molecule has 2 heterocycles. The van der Waals surface area contributed by atoms with Gasteiger partial charge in [-0.25, -0.2) is 0 Å². The molecular weight excluding hydrogens is 356 g/mol. The Morgan fingerprint density at radius 3 is 2.04 bits per heavy atom. The van der Waals surface area contributed by atoms with E-state index >= 15 is 0 Å². The van der Waals surface area contributed by atoms with Gasteiger partial charge in [-0.15, -0.1) is 0 Å². The van der Waals surface area contributed by atoms with E-state index in [9.17, 15) is 9.59 Å². The third kappa shape index (κ3) is 7.24. The van der Waals surface area contributed by atoms with E-state index in [1.807, 2.05) is 39.1 Å². The SMILES string of the molecule is CCOC(=O)C1CCN(C)C1.CCOC(=O)C1CCN(Cc2ccccc2)C1. The van der Waals surface area contributed by atoms with E-state index in [2.05, 4.69) is 21.9 Å². The smallest absolute Gasteiger partial charge is 0.310 e. The summed E-state index contributed by atoms with van der Waals surface area (Å²) in [4.78, 5) is 27.2. The van der Waals surface area contributed by atoms with Gasteiger partial charge in [0.15, 0.2) is 0 Å². The number of carbonyl (C=O) groups excluding carboxylic acids is 2. The summed E-state index contributed by atoms with van der Waals surface area (Å²) in [6.45, 7) is 9.30. The molecule has 0 aromatic heterocycles. The second-order valence-corrected chi connectivity index (χ2v) is 7.46. The van der Waals surface area contributed by atoms with Crippen LogP contribution in [0.4, 0.5) is 0 Å². The van der Waals surface area contributed by atoms with Gasteiger partial charge in [0, 0.05) is 19.6 Å². The monoisotopic (exact) mass is 390 g/mol. The molecule has 156 valence electrons. The van der Waals surface area contributed by atoms with Crippen molar-refractivity contribution in [1.82, 2.24) is 9.80 Å². The maximum atomic E-state index is 11.6. The van der Waals surface area contributed by atoms with E-state index < -0.39 is 0 Å². The zero-order valence-electron chi connectivity index (χ0n) is 17.4. The molecule has 0 amide bonds. The number of likely N-dealkylation sites (tertiary alicyclic amines) is 2. The fourth-order valence-electron chi connectivity index (χ4n) is 3.66. The molecule has 6 heteroatoms. The van der Waals surface area contributed by atoms with E-state index in [1.165, 1.54) is 5.56 Å². The van der Waals surface area contributed by atoms with Crippen LogP contribution in [0.2, 0.25) is 0 Å². The van der Waals surface area contributed by atoms with E-state index in [4.69, 9.17) is 9.47 Å². The highest BCUT2D eigenvalue weighted by molar-refractivity contribution is 5.73. The Kier molecular flexibility index (Phi) is 9.44. The number of nitrogens with zero attached hydrogens (tertiary/aromatic N) is 2. The van der Waals surface area contributed by atoms with E-state index in [1.54, 1.807) is 0 Å². The molecule has 1 aromatic rings. The molecule has 2 aliphatic heterocycles. The zero-order valence-corrected chi connectivity index (χ0v) is 17.4. The lowest BCUT2D eigenvalue weighted by Gasteiger charge is -2.15. The number of hydrogen-bond donors (Lipinski definition) is 0. The van der Waals surface area contributed by atoms with Crippen LogP contribution in [0.5, 0.6) is 0 Å². The van der Waals surface area contributed by atoms with E-state index in [-0.39, 0.29) is 23.8 Å². The van der Waals surface area contributed by atoms with Gasteiger partial charge in [-0.2, -0.15) is 0 Å². The fourth-order valence-corrected chi connectivity index (χ4v) is 3.66. The van der Waals surface area contributed by atoms with Crippen molar-refractivity contribution in [2.24, 2.45) is 11.8 Å². The Morgan fingerprint density at radius 1 is 0.929 bits per heavy atom. The number of carbonyl (C=O) groups is 2. The first-order valence-corrected chi connectivity index (χ1v) is 10.3. The first kappa shape index (κ1) is 22.4. The van der Waals surface area contributed by atoms with Crippen molar-refractivity contribution in [3.8, 4) is 0 Å². The average molecular weight is 391 g/mol. The van der Waals surface area contributed by atoms with Crippen LogP contribution in [-0.2, 0) is 25.6 Å². The third-order valence-electron chi connectivity index (χ3n) is 5.15. The van der Waals surface area contributed by atoms with Crippen LogP contribution in [0.3, 0.4) is 0 Å². The first-order valence-electron chi connectivity index (χ1n) is 10.3. The highest BCUT2D eigenvalue weighted by Gasteiger charge is 2.29. The Hall–Kier alpha value is -1.92. The van der Waals surface area contributed by atoms with Gasteiger partial charge in [0.1, 0.15) is 0 Å². The number of rotatable bonds is 6. The second kappa shape index (κ2) is 11.8. The zero-order chi connectivity index (χ0) is 20.4. The summed E-state index contributed by atoms with van der Waals surface area (Å²) in [5, 5.41) is 0. The normalized spacial score (nSPS) is 22.4. The van der Waals surface area contributed by atoms with Gasteiger partial charge in [0.25, 0.3) is 0 Å². The lowest BCUT2D eigenvalue weighted by atomic mass is 10.1. The van der Waals surface area contributed by atoms with Crippen molar-refractivity contribution >= 4 is 11.9 Å². The van der Waals surface area contributed by atoms with Crippen LogP contribution in [0, 0.1) is 11.8 Å². The highest BCUT2D eigenvalue weighted by atomic mass is 16.5. The first-order chi connectivity index (χ1) is 13.5. The Morgan fingerprint density at radius 2 is 1.50 bits per heavy atom. The lowest BCUT2D eigenvalue weighted by Crippen LogP contribution is -2.24. The molecular formula is C22H34N2O4. The van der Waals surface area contributed by atoms with Crippen molar-refractivity contribution in [3.05, 3.63) is 35.9 Å². The van der Waals surface area contributed by atoms with Crippen LogP contribution in [0.15, 0.2) is 30.3 Å². The number of hydrogen-bond acceptors (Lipinski definition) is 6. The topological polar surface area (TPSA) is 59.1 Å². The maximum Gasteiger partial charge on any atom is 0.310 e. The molecule has 2 aliphatic rings. The summed E-state index contributed by atoms with van der Waals surface area (Å²) in [5.74, 6) is 0.124. The van der Waals surface area contributed by atoms with Gasteiger partial charge in [0.2, 0.25) is 0 Å². The van der Waals surface area contributed by atoms with Crippen molar-refractivity contribution in [2.75, 3.05) is 46.4 Å². The van der Waals surface area contributed by atoms with Crippen molar-refractivity contribution in [3.63, 3.8) is 0 Å². The van der Waals surface area contributed by atoms with Crippen LogP contribution < -0.4 is 0 Å². The molecule has 2 atom stereocenters. The molecule has 28 heavy (non-hydrogen) atoms. The third-order valence-corrected chi connectivity index (χ3v) is 5.15. The quantitative estimate of drug-likeness (QED) is 0.696. The number of esters is 2. The summed E-state index contributed by atoms with van der Waals surface area (Å²) in [6.07, 6.45) is 1.88. The molecule has 0 saturated carbocycles. The predicted octanol–water partition coefficient (Wildman–Crippen LogP) is 2.57. The fraction of sp³-hybridized carbons (Fsp3) is 0.636. The van der Waals surface area contributed by atoms with Crippen molar-refractivity contribution in [2.45, 2.75) is 33.2 Å². The Balaban J connectivity index is 0.000000221. The number of ether oxygens (including phenoxy) is 2. The standard InChI is InChI=1S/C14H19NO2.C8H15NO2/c1-2-17-14(16)13-8-9-15(11-13)10-12-6-4-3-5-7-12;1-3-11-8(10)7-4-5-9(2)6-7/h3-7,13H,2,8-11H2,1H3;7H,3-6H2,1-2H3. The minimum atomic E-state index is -0.0388. The van der Waals surface area contributed by atoms with E-state index in [0.29, 0.717) is 13.2 Å². The molecule has 2 unspecified atom stereocenters. The van der Waals surface area contributed by atoms with E-state index in [0.717, 1.165) is 45.6 Å². The maximum absolute atomic E-state index is 11.6. The Bertz CT molecular complexity index is 608. The average Bonchev–Trinajstić information content (AvgIpc) is 3.33. The molecule has 0 aliphatic carbocycles. The Labute approximate surface area is 168 Å². The second-order valence-electron chi connectivity index (χ2n) is 7.46. The van der Waals surface area contributed by atoms with Crippen LogP contribution in [-0.4, -0.2) is 68.2 Å². The van der Waals surface area contributed by atoms with Crippen molar-refractivity contribution < 1.29 is 19.1 Å². The van der Waals surface area contributed by atoms with Crippen molar-refractivity contribution in [1.29, 1.82) is 0 Å². The highest BCUT2D eigenvalue weighted by Crippen LogP contribution is 2.19. The van der Waals surface area contributed by atoms with Gasteiger partial charge in [-0.3, -0.25) is 14.5 Å². The van der Waals surface area contributed by atoms with Crippen LogP contribution >= 0.6 is 0 Å². The molecule has 0 bridgehead atoms. The summed E-state index contributed by atoms with van der Waals surface area (Å²) in [6, 6.07) is 10.4. The molecule has 2 saturated heterocycles. The molecule has 6 nitrogen and oxygen atoms in total. The molecule has 2 fully saturated rings. The van der Waals surface area contributed by atoms with Gasteiger partial charge >= 0.3 is 11.9 Å². The van der Waals surface area contributed by atoms with Gasteiger partial charge in [0.05, 0.1) is 25.0 Å². The molecule has 3 rings (SSSR count).